The van der Waals surface area contributed by atoms with Crippen molar-refractivity contribution in [1.29, 1.82) is 0 Å². The second-order valence-corrected chi connectivity index (χ2v) is 4.24. The fourth-order valence-electron chi connectivity index (χ4n) is 1.32. The number of carbonyl (C=O) groups is 1. The molecule has 0 aliphatic carbocycles. The molecule has 106 valence electrons. The van der Waals surface area contributed by atoms with Crippen LogP contribution in [0.25, 0.3) is 0 Å². The fraction of sp³-hybridized carbons (Fsp3) is 0.462. The van der Waals surface area contributed by atoms with Gasteiger partial charge >= 0.3 is 12.6 Å². The van der Waals surface area contributed by atoms with Gasteiger partial charge in [0, 0.05) is 0 Å². The first-order chi connectivity index (χ1) is 8.93. The predicted octanol–water partition coefficient (Wildman–Crippen LogP) is 3.11. The van der Waals surface area contributed by atoms with Crippen LogP contribution < -0.4 is 9.47 Å². The summed E-state index contributed by atoms with van der Waals surface area (Å²) < 4.78 is 38.8. The molecule has 19 heavy (non-hydrogen) atoms. The number of rotatable bonds is 6. The minimum atomic E-state index is -2.95. The van der Waals surface area contributed by atoms with E-state index in [2.05, 4.69) is 9.47 Å². The number of carbonyl (C=O) groups excluding carboxylic acids is 1. The normalized spacial score (nSPS) is 10.7. The molecule has 0 amide bonds. The molecule has 0 atom stereocenters. The molecule has 6 heteroatoms. The lowest BCUT2D eigenvalue weighted by atomic mass is 10.2. The van der Waals surface area contributed by atoms with Crippen molar-refractivity contribution in [3.8, 4) is 11.5 Å². The molecule has 0 radical (unpaired) electrons. The molecular formula is C13H16F2O4. The van der Waals surface area contributed by atoms with Crippen molar-refractivity contribution >= 4 is 5.97 Å². The molecule has 0 aromatic heterocycles. The van der Waals surface area contributed by atoms with Gasteiger partial charge in [0.2, 0.25) is 0 Å². The van der Waals surface area contributed by atoms with Gasteiger partial charge in [0.1, 0.15) is 0 Å². The number of ether oxygens (including phenoxy) is 3. The summed E-state index contributed by atoms with van der Waals surface area (Å²) in [5.41, 5.74) is 0.211. The number of benzene rings is 1. The summed E-state index contributed by atoms with van der Waals surface area (Å²) in [6.07, 6.45) is 0. The van der Waals surface area contributed by atoms with Crippen LogP contribution in [0.15, 0.2) is 18.2 Å². The van der Waals surface area contributed by atoms with E-state index in [0.29, 0.717) is 6.61 Å². The minimum absolute atomic E-state index is 0.0944. The van der Waals surface area contributed by atoms with Crippen LogP contribution in [0.1, 0.15) is 24.2 Å². The third-order valence-corrected chi connectivity index (χ3v) is 2.15. The Morgan fingerprint density at radius 2 is 1.95 bits per heavy atom. The van der Waals surface area contributed by atoms with Gasteiger partial charge in [-0.05, 0) is 24.1 Å². The molecule has 0 bridgehead atoms. The number of hydrogen-bond acceptors (Lipinski definition) is 4. The van der Waals surface area contributed by atoms with Crippen molar-refractivity contribution in [2.45, 2.75) is 20.5 Å². The average Bonchev–Trinajstić information content (AvgIpc) is 2.35. The van der Waals surface area contributed by atoms with E-state index >= 15 is 0 Å². The largest absolute Gasteiger partial charge is 0.489 e. The van der Waals surface area contributed by atoms with E-state index in [-0.39, 0.29) is 23.0 Å². The third-order valence-electron chi connectivity index (χ3n) is 2.15. The van der Waals surface area contributed by atoms with Crippen molar-refractivity contribution in [2.24, 2.45) is 5.92 Å². The maximum atomic E-state index is 12.3. The van der Waals surface area contributed by atoms with E-state index in [9.17, 15) is 13.6 Å². The van der Waals surface area contributed by atoms with Crippen LogP contribution in [0, 0.1) is 5.92 Å². The molecule has 4 nitrogen and oxygen atoms in total. The Bertz CT molecular complexity index is 433. The molecular weight excluding hydrogens is 258 g/mol. The van der Waals surface area contributed by atoms with Crippen LogP contribution in [0.5, 0.6) is 11.5 Å². The smallest absolute Gasteiger partial charge is 0.387 e. The predicted molar refractivity (Wildman–Crippen MR) is 64.7 cm³/mol. The number of hydrogen-bond donors (Lipinski definition) is 0. The zero-order valence-electron chi connectivity index (χ0n) is 11.0. The number of alkyl halides is 2. The number of esters is 1. The van der Waals surface area contributed by atoms with Crippen molar-refractivity contribution in [3.63, 3.8) is 0 Å². The van der Waals surface area contributed by atoms with E-state index < -0.39 is 12.6 Å². The van der Waals surface area contributed by atoms with Crippen LogP contribution in [-0.2, 0) is 4.74 Å². The average molecular weight is 274 g/mol. The van der Waals surface area contributed by atoms with Crippen molar-refractivity contribution < 1.29 is 27.8 Å². The summed E-state index contributed by atoms with van der Waals surface area (Å²) >= 11 is 0. The lowest BCUT2D eigenvalue weighted by Crippen LogP contribution is -2.10. The highest BCUT2D eigenvalue weighted by molar-refractivity contribution is 5.90. The Morgan fingerprint density at radius 3 is 2.47 bits per heavy atom. The SMILES string of the molecule is COC(=O)c1ccc(OC(F)F)c(OCC(C)C)c1. The van der Waals surface area contributed by atoms with Gasteiger partial charge in [-0.2, -0.15) is 8.78 Å². The van der Waals surface area contributed by atoms with Crippen LogP contribution >= 0.6 is 0 Å². The van der Waals surface area contributed by atoms with Crippen LogP contribution in [0.3, 0.4) is 0 Å². The highest BCUT2D eigenvalue weighted by Gasteiger charge is 2.15. The molecule has 1 aromatic rings. The van der Waals surface area contributed by atoms with Gasteiger partial charge in [0.25, 0.3) is 0 Å². The van der Waals surface area contributed by atoms with Gasteiger partial charge in [0.15, 0.2) is 11.5 Å². The molecule has 0 heterocycles. The Labute approximate surface area is 110 Å². The van der Waals surface area contributed by atoms with Crippen LogP contribution in [0.2, 0.25) is 0 Å². The summed E-state index contributed by atoms with van der Waals surface area (Å²) in [7, 11) is 1.24. The van der Waals surface area contributed by atoms with E-state index in [1.54, 1.807) is 0 Å². The van der Waals surface area contributed by atoms with E-state index in [1.165, 1.54) is 25.3 Å². The highest BCUT2D eigenvalue weighted by Crippen LogP contribution is 2.30. The highest BCUT2D eigenvalue weighted by atomic mass is 19.3. The van der Waals surface area contributed by atoms with Crippen molar-refractivity contribution in [3.05, 3.63) is 23.8 Å². The first kappa shape index (κ1) is 15.2. The van der Waals surface area contributed by atoms with E-state index in [4.69, 9.17) is 4.74 Å². The molecule has 1 aromatic carbocycles. The Kier molecular flexibility index (Phi) is 5.54. The topological polar surface area (TPSA) is 44.8 Å². The first-order valence-electron chi connectivity index (χ1n) is 5.74. The van der Waals surface area contributed by atoms with Gasteiger partial charge in [-0.1, -0.05) is 13.8 Å². The van der Waals surface area contributed by atoms with Gasteiger partial charge in [-0.15, -0.1) is 0 Å². The van der Waals surface area contributed by atoms with Crippen LogP contribution in [-0.4, -0.2) is 26.3 Å². The molecule has 0 aliphatic heterocycles. The van der Waals surface area contributed by atoms with E-state index in [0.717, 1.165) is 0 Å². The standard InChI is InChI=1S/C13H16F2O4/c1-8(2)7-18-11-6-9(12(16)17-3)4-5-10(11)19-13(14)15/h4-6,8,13H,7H2,1-3H3. The number of methoxy groups -OCH3 is 1. The monoisotopic (exact) mass is 274 g/mol. The van der Waals surface area contributed by atoms with Crippen LogP contribution in [0.4, 0.5) is 8.78 Å². The quantitative estimate of drug-likeness (QED) is 0.748. The summed E-state index contributed by atoms with van der Waals surface area (Å²) in [5, 5.41) is 0. The van der Waals surface area contributed by atoms with E-state index in [1.807, 2.05) is 13.8 Å². The molecule has 0 spiro atoms. The van der Waals surface area contributed by atoms with Gasteiger partial charge in [-0.3, -0.25) is 0 Å². The lowest BCUT2D eigenvalue weighted by molar-refractivity contribution is -0.0516. The van der Waals surface area contributed by atoms with Gasteiger partial charge in [0.05, 0.1) is 19.3 Å². The molecule has 0 aliphatic rings. The summed E-state index contributed by atoms with van der Waals surface area (Å²) in [5.74, 6) is -0.376. The molecule has 0 unspecified atom stereocenters. The Hall–Kier alpha value is -1.85. The molecule has 0 saturated heterocycles. The number of halogens is 2. The summed E-state index contributed by atoms with van der Waals surface area (Å²) in [4.78, 5) is 11.4. The molecule has 1 rings (SSSR count). The van der Waals surface area contributed by atoms with Crippen molar-refractivity contribution in [1.82, 2.24) is 0 Å². The maximum absolute atomic E-state index is 12.3. The second kappa shape index (κ2) is 6.92. The van der Waals surface area contributed by atoms with Crippen molar-refractivity contribution in [2.75, 3.05) is 13.7 Å². The second-order valence-electron chi connectivity index (χ2n) is 4.24. The molecule has 0 fully saturated rings. The Morgan fingerprint density at radius 1 is 1.26 bits per heavy atom. The zero-order valence-corrected chi connectivity index (χ0v) is 11.0. The molecule has 0 saturated carbocycles. The fourth-order valence-corrected chi connectivity index (χ4v) is 1.32. The third kappa shape index (κ3) is 4.73. The Balaban J connectivity index is 2.99. The lowest BCUT2D eigenvalue weighted by Gasteiger charge is -2.14. The maximum Gasteiger partial charge on any atom is 0.387 e. The molecule has 0 N–H and O–H groups in total. The zero-order chi connectivity index (χ0) is 14.4. The summed E-state index contributed by atoms with van der Waals surface area (Å²) in [6, 6.07) is 3.92. The van der Waals surface area contributed by atoms with Gasteiger partial charge < -0.3 is 14.2 Å². The summed E-state index contributed by atoms with van der Waals surface area (Å²) in [6.45, 7) is 1.20. The van der Waals surface area contributed by atoms with Gasteiger partial charge in [-0.25, -0.2) is 4.79 Å². The first-order valence-corrected chi connectivity index (χ1v) is 5.74. The minimum Gasteiger partial charge on any atom is -0.489 e.